The van der Waals surface area contributed by atoms with Crippen molar-refractivity contribution in [1.29, 1.82) is 0 Å². The molecule has 11 nitrogen and oxygen atoms in total. The molecule has 0 spiro atoms. The summed E-state index contributed by atoms with van der Waals surface area (Å²) in [5.41, 5.74) is 0.580. The maximum Gasteiger partial charge on any atom is 0.327 e. The monoisotopic (exact) mass is 641 g/mol. The van der Waals surface area contributed by atoms with Gasteiger partial charge in [0.2, 0.25) is 5.89 Å². The molecule has 45 heavy (non-hydrogen) atoms. The predicted molar refractivity (Wildman–Crippen MR) is 170 cm³/mol. The van der Waals surface area contributed by atoms with Gasteiger partial charge in [0.1, 0.15) is 18.1 Å². The van der Waals surface area contributed by atoms with E-state index in [9.17, 15) is 19.5 Å². The number of carboxylic acids is 1. The number of thiophene rings is 1. The Morgan fingerprint density at radius 3 is 2.64 bits per heavy atom. The zero-order valence-corrected chi connectivity index (χ0v) is 27.6. The van der Waals surface area contributed by atoms with Gasteiger partial charge in [0.05, 0.1) is 54.9 Å². The largest absolute Gasteiger partial charge is 0.497 e. The quantitative estimate of drug-likeness (QED) is 0.236. The summed E-state index contributed by atoms with van der Waals surface area (Å²) >= 11 is 1.35. The summed E-state index contributed by atoms with van der Waals surface area (Å²) in [6, 6.07) is -0.566. The molecule has 0 radical (unpaired) electrons. The second-order valence-corrected chi connectivity index (χ2v) is 12.5. The van der Waals surface area contributed by atoms with Crippen LogP contribution in [0.1, 0.15) is 73.7 Å². The Morgan fingerprint density at radius 1 is 1.24 bits per heavy atom. The van der Waals surface area contributed by atoms with Crippen LogP contribution in [-0.4, -0.2) is 82.9 Å². The van der Waals surface area contributed by atoms with E-state index in [1.165, 1.54) is 23.8 Å². The molecule has 3 amide bonds. The fraction of sp³-hybridized carbons (Fsp3) is 0.515. The van der Waals surface area contributed by atoms with Crippen LogP contribution < -0.4 is 0 Å². The fourth-order valence-corrected chi connectivity index (χ4v) is 7.04. The number of oxazole rings is 1. The van der Waals surface area contributed by atoms with E-state index in [0.29, 0.717) is 52.0 Å². The lowest BCUT2D eigenvalue weighted by Gasteiger charge is -2.40. The van der Waals surface area contributed by atoms with Crippen LogP contribution in [0.2, 0.25) is 0 Å². The molecule has 0 aromatic carbocycles. The summed E-state index contributed by atoms with van der Waals surface area (Å²) in [7, 11) is 3.25. The van der Waals surface area contributed by atoms with Gasteiger partial charge in [-0.05, 0) is 51.2 Å². The number of hydrogen-bond acceptors (Lipinski definition) is 9. The third-order valence-corrected chi connectivity index (χ3v) is 9.76. The van der Waals surface area contributed by atoms with E-state index in [2.05, 4.69) is 4.98 Å². The summed E-state index contributed by atoms with van der Waals surface area (Å²) in [5.74, 6) is -0.611. The summed E-state index contributed by atoms with van der Waals surface area (Å²) < 4.78 is 23.4. The highest BCUT2D eigenvalue weighted by Gasteiger charge is 2.47. The minimum Gasteiger partial charge on any atom is -0.497 e. The number of carbonyl (C=O) groups excluding carboxylic acids is 2. The predicted octanol–water partition coefficient (Wildman–Crippen LogP) is 6.35. The van der Waals surface area contributed by atoms with Crippen molar-refractivity contribution in [3.05, 3.63) is 64.1 Å². The van der Waals surface area contributed by atoms with Crippen LogP contribution in [0.3, 0.4) is 0 Å². The number of hydrogen-bond donors (Lipinski definition) is 1. The molecule has 1 aliphatic carbocycles. The third-order valence-electron chi connectivity index (χ3n) is 8.49. The number of carboxylic acid groups (broad SMARTS) is 1. The van der Waals surface area contributed by atoms with Gasteiger partial charge in [0.15, 0.2) is 0 Å². The number of imide groups is 1. The van der Waals surface area contributed by atoms with Gasteiger partial charge in [0, 0.05) is 24.2 Å². The van der Waals surface area contributed by atoms with Gasteiger partial charge in [-0.2, -0.15) is 0 Å². The van der Waals surface area contributed by atoms with Gasteiger partial charge in [-0.25, -0.2) is 9.78 Å². The topological polar surface area (TPSA) is 132 Å². The molecule has 3 heterocycles. The number of ether oxygens (including phenoxy) is 3. The van der Waals surface area contributed by atoms with E-state index in [0.717, 1.165) is 16.9 Å². The lowest BCUT2D eigenvalue weighted by atomic mass is 9.91. The van der Waals surface area contributed by atoms with E-state index in [4.69, 9.17) is 18.6 Å². The van der Waals surface area contributed by atoms with Crippen LogP contribution in [-0.2, 0) is 25.5 Å². The molecule has 2 aromatic heterocycles. The van der Waals surface area contributed by atoms with Crippen molar-refractivity contribution in [3.63, 3.8) is 0 Å². The first-order chi connectivity index (χ1) is 21.6. The second kappa shape index (κ2) is 15.0. The fourth-order valence-electron chi connectivity index (χ4n) is 5.79. The number of methoxy groups -OCH3 is 2. The number of allylic oxidation sites excluding steroid dienone is 4. The van der Waals surface area contributed by atoms with Crippen molar-refractivity contribution < 1.29 is 38.1 Å². The SMILES string of the molecule is CCC(CCOC)O[C@@H](CN1Cc2sc(-c3ncco3)c(C)c2C(=O)N(C(C)(CC)CC(=O)O)C1=O)C1=C(OC)C=CC=CC1. The Morgan fingerprint density at radius 2 is 2.02 bits per heavy atom. The Hall–Kier alpha value is -3.74. The number of amides is 3. The lowest BCUT2D eigenvalue weighted by Crippen LogP contribution is -2.57. The average Bonchev–Trinajstić information content (AvgIpc) is 3.55. The van der Waals surface area contributed by atoms with Gasteiger partial charge in [0.25, 0.3) is 5.91 Å². The van der Waals surface area contributed by atoms with E-state index in [-0.39, 0.29) is 25.6 Å². The number of rotatable bonds is 15. The molecule has 0 bridgehead atoms. The molecule has 2 unspecified atom stereocenters. The molecule has 1 aliphatic heterocycles. The average molecular weight is 642 g/mol. The smallest absolute Gasteiger partial charge is 0.327 e. The summed E-state index contributed by atoms with van der Waals surface area (Å²) in [5, 5.41) is 9.85. The molecular formula is C33H43N3O8S. The van der Waals surface area contributed by atoms with Crippen LogP contribution in [0.5, 0.6) is 0 Å². The molecule has 0 saturated heterocycles. The molecule has 4 rings (SSSR count). The number of aliphatic carboxylic acids is 1. The molecule has 12 heteroatoms. The molecule has 3 atom stereocenters. The van der Waals surface area contributed by atoms with Crippen LogP contribution in [0.4, 0.5) is 4.79 Å². The molecule has 1 N–H and O–H groups in total. The Kier molecular flexibility index (Phi) is 11.4. The number of urea groups is 1. The number of aromatic nitrogens is 1. The van der Waals surface area contributed by atoms with Gasteiger partial charge < -0.3 is 28.6 Å². The molecule has 2 aromatic rings. The minimum absolute atomic E-state index is 0.105. The van der Waals surface area contributed by atoms with Crippen molar-refractivity contribution in [2.75, 3.05) is 27.4 Å². The maximum absolute atomic E-state index is 14.6. The molecule has 0 fully saturated rings. The first kappa shape index (κ1) is 34.1. The highest BCUT2D eigenvalue weighted by atomic mass is 32.1. The Bertz CT molecular complexity index is 1460. The van der Waals surface area contributed by atoms with E-state index in [1.54, 1.807) is 39.9 Å². The summed E-state index contributed by atoms with van der Waals surface area (Å²) in [6.45, 7) is 8.01. The van der Waals surface area contributed by atoms with Gasteiger partial charge in [-0.15, -0.1) is 11.3 Å². The van der Waals surface area contributed by atoms with E-state index < -0.39 is 36.0 Å². The van der Waals surface area contributed by atoms with Crippen LogP contribution in [0, 0.1) is 6.92 Å². The Labute approximate surface area is 268 Å². The second-order valence-electron chi connectivity index (χ2n) is 11.4. The summed E-state index contributed by atoms with van der Waals surface area (Å²) in [6.07, 6.45) is 11.7. The standard InChI is InChI=1S/C33H43N3O8S/c1-7-22(14-16-41-5)44-25(23-12-10-9-11-13-24(23)42-6)19-35-20-26-28(21(3)29(45-26)30-34-15-17-43-30)31(39)36(32(35)40)33(4,8-2)18-27(37)38/h9-11,13,15,17,22,25H,7-8,12,14,16,18-20H2,1-6H3,(H,37,38)/t22?,25-,33?/m0/s1. The maximum atomic E-state index is 14.6. The van der Waals surface area contributed by atoms with E-state index >= 15 is 0 Å². The normalized spacial score (nSPS) is 18.0. The highest BCUT2D eigenvalue weighted by molar-refractivity contribution is 7.16. The van der Waals surface area contributed by atoms with Gasteiger partial charge in [-0.1, -0.05) is 32.1 Å². The van der Waals surface area contributed by atoms with E-state index in [1.807, 2.05) is 31.2 Å². The first-order valence-corrected chi connectivity index (χ1v) is 16.0. The highest BCUT2D eigenvalue weighted by Crippen LogP contribution is 2.41. The molecule has 2 aliphatic rings. The van der Waals surface area contributed by atoms with Crippen LogP contribution in [0.15, 0.2) is 52.5 Å². The van der Waals surface area contributed by atoms with Crippen LogP contribution in [0.25, 0.3) is 10.8 Å². The van der Waals surface area contributed by atoms with Crippen LogP contribution >= 0.6 is 11.3 Å². The van der Waals surface area contributed by atoms with Gasteiger partial charge >= 0.3 is 12.0 Å². The van der Waals surface area contributed by atoms with Crippen molar-refractivity contribution in [2.45, 2.75) is 84.1 Å². The zero-order chi connectivity index (χ0) is 32.7. The number of fused-ring (bicyclic) bond motifs is 1. The van der Waals surface area contributed by atoms with Crippen molar-refractivity contribution in [3.8, 4) is 10.8 Å². The zero-order valence-electron chi connectivity index (χ0n) is 26.8. The summed E-state index contributed by atoms with van der Waals surface area (Å²) in [4.78, 5) is 49.4. The molecular weight excluding hydrogens is 598 g/mol. The Balaban J connectivity index is 1.85. The third kappa shape index (κ3) is 7.40. The number of carbonyl (C=O) groups is 3. The van der Waals surface area contributed by atoms with Crippen molar-refractivity contribution in [1.82, 2.24) is 14.8 Å². The molecule has 244 valence electrons. The first-order valence-electron chi connectivity index (χ1n) is 15.2. The van der Waals surface area contributed by atoms with Crippen molar-refractivity contribution in [2.24, 2.45) is 0 Å². The minimum atomic E-state index is -1.29. The number of nitrogens with zero attached hydrogens (tertiary/aromatic N) is 3. The van der Waals surface area contributed by atoms with Gasteiger partial charge in [-0.3, -0.25) is 14.5 Å². The molecule has 0 saturated carbocycles. The van der Waals surface area contributed by atoms with Crippen molar-refractivity contribution >= 4 is 29.2 Å². The lowest BCUT2D eigenvalue weighted by molar-refractivity contribution is -0.139.